The number of thiazole rings is 1. The van der Waals surface area contributed by atoms with Crippen LogP contribution in [0.25, 0.3) is 0 Å². The van der Waals surface area contributed by atoms with Crippen molar-refractivity contribution < 1.29 is 19.4 Å². The summed E-state index contributed by atoms with van der Waals surface area (Å²) in [6.45, 7) is 0.247. The molecule has 2 heterocycles. The number of ether oxygens (including phenoxy) is 2. The van der Waals surface area contributed by atoms with Gasteiger partial charge in [0.15, 0.2) is 0 Å². The number of amides is 1. The summed E-state index contributed by atoms with van der Waals surface area (Å²) in [5.74, 6) is 0.774. The van der Waals surface area contributed by atoms with Crippen molar-refractivity contribution in [3.05, 3.63) is 58.8 Å². The van der Waals surface area contributed by atoms with Crippen molar-refractivity contribution in [2.45, 2.75) is 6.61 Å². The summed E-state index contributed by atoms with van der Waals surface area (Å²) in [7, 11) is 1.58. The number of carbonyl (C=O) groups excluding carboxylic acids is 1. The van der Waals surface area contributed by atoms with Crippen LogP contribution in [0.15, 0.2) is 48.2 Å². The third kappa shape index (κ3) is 4.24. The fourth-order valence-corrected chi connectivity index (χ4v) is 2.51. The van der Waals surface area contributed by atoms with Crippen LogP contribution in [0, 0.1) is 0 Å². The molecule has 7 nitrogen and oxygen atoms in total. The molecule has 128 valence electrons. The van der Waals surface area contributed by atoms with Crippen molar-refractivity contribution in [3.63, 3.8) is 0 Å². The minimum absolute atomic E-state index is 0.0483. The lowest BCUT2D eigenvalue weighted by Gasteiger charge is -2.10. The Bertz CT molecular complexity index is 851. The smallest absolute Gasteiger partial charge is 0.267 e. The molecule has 0 radical (unpaired) electrons. The van der Waals surface area contributed by atoms with Crippen LogP contribution in [0.4, 0.5) is 5.69 Å². The van der Waals surface area contributed by atoms with Gasteiger partial charge in [0.25, 0.3) is 5.91 Å². The molecular formula is C17H15N3O4S. The molecule has 8 heteroatoms. The Balaban J connectivity index is 1.67. The van der Waals surface area contributed by atoms with Gasteiger partial charge in [0.1, 0.15) is 28.7 Å². The number of pyridine rings is 1. The highest BCUT2D eigenvalue weighted by molar-refractivity contribution is 7.11. The molecule has 0 aliphatic carbocycles. The van der Waals surface area contributed by atoms with Gasteiger partial charge in [0.05, 0.1) is 36.4 Å². The van der Waals surface area contributed by atoms with Gasteiger partial charge in [-0.1, -0.05) is 0 Å². The summed E-state index contributed by atoms with van der Waals surface area (Å²) in [5, 5.41) is 12.6. The molecule has 2 N–H and O–H groups in total. The lowest BCUT2D eigenvalue weighted by Crippen LogP contribution is -2.10. The molecule has 0 aliphatic rings. The highest BCUT2D eigenvalue weighted by atomic mass is 32.1. The van der Waals surface area contributed by atoms with Crippen LogP contribution in [0.2, 0.25) is 0 Å². The van der Waals surface area contributed by atoms with Crippen LogP contribution in [0.3, 0.4) is 0 Å². The Labute approximate surface area is 147 Å². The first kappa shape index (κ1) is 16.7. The normalized spacial score (nSPS) is 10.3. The van der Waals surface area contributed by atoms with E-state index in [2.05, 4.69) is 15.3 Å². The first-order chi connectivity index (χ1) is 12.2. The van der Waals surface area contributed by atoms with E-state index in [0.29, 0.717) is 16.4 Å². The fraction of sp³-hybridized carbons (Fsp3) is 0.118. The van der Waals surface area contributed by atoms with Gasteiger partial charge >= 0.3 is 0 Å². The van der Waals surface area contributed by atoms with Gasteiger partial charge in [-0.05, 0) is 24.3 Å². The first-order valence-corrected chi connectivity index (χ1v) is 8.18. The van der Waals surface area contributed by atoms with Crippen molar-refractivity contribution in [1.82, 2.24) is 9.97 Å². The molecule has 0 saturated carbocycles. The van der Waals surface area contributed by atoms with E-state index in [1.165, 1.54) is 23.6 Å². The maximum absolute atomic E-state index is 12.1. The molecular weight excluding hydrogens is 342 g/mol. The summed E-state index contributed by atoms with van der Waals surface area (Å²) in [5.41, 5.74) is 2.55. The molecule has 1 aromatic carbocycles. The zero-order chi connectivity index (χ0) is 17.6. The van der Waals surface area contributed by atoms with E-state index in [1.54, 1.807) is 43.1 Å². The fourth-order valence-electron chi connectivity index (χ4n) is 1.99. The molecule has 0 unspecified atom stereocenters. The van der Waals surface area contributed by atoms with Crippen LogP contribution in [-0.4, -0.2) is 28.1 Å². The summed E-state index contributed by atoms with van der Waals surface area (Å²) in [6.07, 6.45) is 3.07. The minimum Gasteiger partial charge on any atom is -0.506 e. The lowest BCUT2D eigenvalue weighted by molar-refractivity contribution is 0.103. The topological polar surface area (TPSA) is 93.6 Å². The Morgan fingerprint density at radius 2 is 2.08 bits per heavy atom. The van der Waals surface area contributed by atoms with E-state index in [9.17, 15) is 9.90 Å². The predicted octanol–water partition coefficient (Wildman–Crippen LogP) is 3.08. The van der Waals surface area contributed by atoms with Gasteiger partial charge in [-0.3, -0.25) is 14.8 Å². The number of hydrogen-bond acceptors (Lipinski definition) is 7. The SMILES string of the molecule is COc1ccc(COc2ccc(O)c(NC(=O)c3cncs3)c2)nc1. The van der Waals surface area contributed by atoms with Crippen molar-refractivity contribution in [3.8, 4) is 17.2 Å². The Morgan fingerprint density at radius 3 is 2.76 bits per heavy atom. The van der Waals surface area contributed by atoms with Gasteiger partial charge in [-0.25, -0.2) is 0 Å². The van der Waals surface area contributed by atoms with Gasteiger partial charge in [0, 0.05) is 6.07 Å². The molecule has 2 aromatic heterocycles. The molecule has 3 rings (SSSR count). The van der Waals surface area contributed by atoms with Crippen molar-refractivity contribution >= 4 is 22.9 Å². The van der Waals surface area contributed by atoms with Crippen molar-refractivity contribution in [1.29, 1.82) is 0 Å². The first-order valence-electron chi connectivity index (χ1n) is 7.30. The lowest BCUT2D eigenvalue weighted by atomic mass is 10.2. The largest absolute Gasteiger partial charge is 0.506 e. The third-order valence-corrected chi connectivity index (χ3v) is 4.06. The quantitative estimate of drug-likeness (QED) is 0.659. The summed E-state index contributed by atoms with van der Waals surface area (Å²) in [6, 6.07) is 8.22. The van der Waals surface area contributed by atoms with Crippen LogP contribution in [0.1, 0.15) is 15.4 Å². The number of phenolic OH excluding ortho intramolecular Hbond substituents is 1. The van der Waals surface area contributed by atoms with E-state index in [1.807, 2.05) is 0 Å². The number of phenols is 1. The van der Waals surface area contributed by atoms with E-state index < -0.39 is 0 Å². The predicted molar refractivity (Wildman–Crippen MR) is 93.3 cm³/mol. The standard InChI is InChI=1S/C17H15N3O4S/c1-23-13-3-2-11(19-7-13)9-24-12-4-5-15(21)14(6-12)20-17(22)16-8-18-10-25-16/h2-8,10,21H,9H2,1H3,(H,20,22). The van der Waals surface area contributed by atoms with E-state index in [4.69, 9.17) is 9.47 Å². The third-order valence-electron chi connectivity index (χ3n) is 3.29. The van der Waals surface area contributed by atoms with Crippen molar-refractivity contribution in [2.75, 3.05) is 12.4 Å². The number of methoxy groups -OCH3 is 1. The second kappa shape index (κ2) is 7.63. The zero-order valence-electron chi connectivity index (χ0n) is 13.3. The van der Waals surface area contributed by atoms with Gasteiger partial charge in [-0.2, -0.15) is 0 Å². The number of carbonyl (C=O) groups is 1. The van der Waals surface area contributed by atoms with Crippen LogP contribution in [-0.2, 0) is 6.61 Å². The van der Waals surface area contributed by atoms with Gasteiger partial charge in [-0.15, -0.1) is 11.3 Å². The molecule has 25 heavy (non-hydrogen) atoms. The number of hydrogen-bond donors (Lipinski definition) is 2. The molecule has 0 aliphatic heterocycles. The summed E-state index contributed by atoms with van der Waals surface area (Å²) >= 11 is 1.22. The summed E-state index contributed by atoms with van der Waals surface area (Å²) in [4.78, 5) is 20.6. The number of aromatic nitrogens is 2. The molecule has 0 spiro atoms. The molecule has 3 aromatic rings. The minimum atomic E-state index is -0.341. The second-order valence-electron chi connectivity index (χ2n) is 4.98. The Hall–Kier alpha value is -3.13. The molecule has 1 amide bonds. The molecule has 0 bridgehead atoms. The maximum Gasteiger partial charge on any atom is 0.267 e. The number of nitrogens with one attached hydrogen (secondary N) is 1. The van der Waals surface area contributed by atoms with E-state index in [0.717, 1.165) is 5.69 Å². The Morgan fingerprint density at radius 1 is 1.24 bits per heavy atom. The average Bonchev–Trinajstić information content (AvgIpc) is 3.17. The monoisotopic (exact) mass is 357 g/mol. The number of rotatable bonds is 6. The van der Waals surface area contributed by atoms with Gasteiger partial charge in [0.2, 0.25) is 0 Å². The average molecular weight is 357 g/mol. The number of aromatic hydroxyl groups is 1. The number of nitrogens with zero attached hydrogens (tertiary/aromatic N) is 2. The van der Waals surface area contributed by atoms with Crippen LogP contribution >= 0.6 is 11.3 Å². The Kier molecular flexibility index (Phi) is 5.10. The van der Waals surface area contributed by atoms with Crippen LogP contribution < -0.4 is 14.8 Å². The van der Waals surface area contributed by atoms with E-state index in [-0.39, 0.29) is 24.0 Å². The second-order valence-corrected chi connectivity index (χ2v) is 5.86. The van der Waals surface area contributed by atoms with E-state index >= 15 is 0 Å². The molecule has 0 saturated heterocycles. The van der Waals surface area contributed by atoms with Gasteiger partial charge < -0.3 is 19.9 Å². The van der Waals surface area contributed by atoms with Crippen molar-refractivity contribution in [2.24, 2.45) is 0 Å². The number of anilines is 1. The molecule has 0 fully saturated rings. The van der Waals surface area contributed by atoms with Crippen LogP contribution in [0.5, 0.6) is 17.2 Å². The highest BCUT2D eigenvalue weighted by Gasteiger charge is 2.11. The number of benzene rings is 1. The molecule has 0 atom stereocenters. The summed E-state index contributed by atoms with van der Waals surface area (Å²) < 4.78 is 10.7. The maximum atomic E-state index is 12.1. The highest BCUT2D eigenvalue weighted by Crippen LogP contribution is 2.29. The zero-order valence-corrected chi connectivity index (χ0v) is 14.1.